The molecule has 1 aromatic carbocycles. The fourth-order valence-electron chi connectivity index (χ4n) is 3.09. The zero-order chi connectivity index (χ0) is 18.9. The number of rotatable bonds is 7. The van der Waals surface area contributed by atoms with Crippen LogP contribution in [0.5, 0.6) is 0 Å². The van der Waals surface area contributed by atoms with E-state index in [0.29, 0.717) is 12.5 Å². The summed E-state index contributed by atoms with van der Waals surface area (Å²) in [6, 6.07) is 10.2. The van der Waals surface area contributed by atoms with Gasteiger partial charge in [0.25, 0.3) is 0 Å². The molecule has 1 aromatic heterocycles. The lowest BCUT2D eigenvalue weighted by Crippen LogP contribution is -2.44. The highest BCUT2D eigenvalue weighted by Gasteiger charge is 2.17. The smallest absolute Gasteiger partial charge is 0.241 e. The molecule has 0 saturated carbocycles. The van der Waals surface area contributed by atoms with Gasteiger partial charge in [-0.15, -0.1) is 0 Å². The average molecular weight is 368 g/mol. The molecule has 7 heteroatoms. The van der Waals surface area contributed by atoms with Gasteiger partial charge >= 0.3 is 0 Å². The third kappa shape index (κ3) is 5.84. The molecular formula is C20H28N6O. The number of hydrogen-bond donors (Lipinski definition) is 2. The Hall–Kier alpha value is -2.83. The number of amides is 1. The van der Waals surface area contributed by atoms with Crippen LogP contribution < -0.4 is 10.6 Å². The normalized spacial score (nSPS) is 14.4. The van der Waals surface area contributed by atoms with Crippen molar-refractivity contribution in [1.82, 2.24) is 25.3 Å². The van der Waals surface area contributed by atoms with E-state index in [-0.39, 0.29) is 12.5 Å². The second kappa shape index (κ2) is 9.75. The molecule has 144 valence electrons. The van der Waals surface area contributed by atoms with E-state index in [2.05, 4.69) is 32.9 Å². The highest BCUT2D eigenvalue weighted by Crippen LogP contribution is 2.07. The van der Waals surface area contributed by atoms with Crippen molar-refractivity contribution in [1.29, 1.82) is 0 Å². The summed E-state index contributed by atoms with van der Waals surface area (Å²) in [4.78, 5) is 18.7. The fraction of sp³-hybridized carbons (Fsp3) is 0.450. The molecule has 1 saturated heterocycles. The molecule has 0 unspecified atom stereocenters. The third-order valence-electron chi connectivity index (χ3n) is 4.50. The summed E-state index contributed by atoms with van der Waals surface area (Å²) in [5.41, 5.74) is 2.25. The maximum Gasteiger partial charge on any atom is 0.241 e. The zero-order valence-electron chi connectivity index (χ0n) is 15.9. The molecule has 0 aliphatic carbocycles. The Morgan fingerprint density at radius 1 is 1.15 bits per heavy atom. The van der Waals surface area contributed by atoms with E-state index in [0.717, 1.165) is 44.6 Å². The number of carbonyl (C=O) groups is 1. The van der Waals surface area contributed by atoms with Crippen molar-refractivity contribution in [2.24, 2.45) is 4.99 Å². The molecule has 0 radical (unpaired) electrons. The van der Waals surface area contributed by atoms with Crippen molar-refractivity contribution in [3.8, 4) is 0 Å². The van der Waals surface area contributed by atoms with Crippen LogP contribution in [0.15, 0.2) is 47.7 Å². The standard InChI is InChI=1S/C20H28N6O/c1-2-21-20(23-14-19(27)25-10-6-7-11-25)22-12-18-13-24-26(16-18)15-17-8-4-3-5-9-17/h3-5,8-9,13,16H,2,6-7,10-12,14-15H2,1H3,(H2,21,22,23). The van der Waals surface area contributed by atoms with Crippen LogP contribution in [-0.4, -0.2) is 52.7 Å². The number of carbonyl (C=O) groups excluding carboxylic acids is 1. The van der Waals surface area contributed by atoms with Crippen molar-refractivity contribution in [3.05, 3.63) is 53.9 Å². The largest absolute Gasteiger partial charge is 0.357 e. The molecule has 27 heavy (non-hydrogen) atoms. The van der Waals surface area contributed by atoms with Crippen molar-refractivity contribution in [2.45, 2.75) is 32.9 Å². The second-order valence-electron chi connectivity index (χ2n) is 6.67. The number of aromatic nitrogens is 2. The highest BCUT2D eigenvalue weighted by atomic mass is 16.2. The highest BCUT2D eigenvalue weighted by molar-refractivity contribution is 5.86. The molecule has 0 atom stereocenters. The summed E-state index contributed by atoms with van der Waals surface area (Å²) in [5.74, 6) is 0.787. The molecule has 1 fully saturated rings. The van der Waals surface area contributed by atoms with Gasteiger partial charge in [0.15, 0.2) is 5.96 Å². The molecule has 0 bridgehead atoms. The van der Waals surface area contributed by atoms with Crippen LogP contribution in [0.1, 0.15) is 30.9 Å². The second-order valence-corrected chi connectivity index (χ2v) is 6.67. The molecule has 2 N–H and O–H groups in total. The van der Waals surface area contributed by atoms with Crippen molar-refractivity contribution in [3.63, 3.8) is 0 Å². The molecule has 0 spiro atoms. The Bertz CT molecular complexity index is 749. The van der Waals surface area contributed by atoms with E-state index < -0.39 is 0 Å². The van der Waals surface area contributed by atoms with Gasteiger partial charge in [0.1, 0.15) is 0 Å². The van der Waals surface area contributed by atoms with Crippen LogP contribution in [0.4, 0.5) is 0 Å². The van der Waals surface area contributed by atoms with Gasteiger partial charge in [-0.1, -0.05) is 30.3 Å². The summed E-state index contributed by atoms with van der Waals surface area (Å²) in [7, 11) is 0. The van der Waals surface area contributed by atoms with Gasteiger partial charge in [-0.2, -0.15) is 5.10 Å². The van der Waals surface area contributed by atoms with Crippen LogP contribution in [0.3, 0.4) is 0 Å². The monoisotopic (exact) mass is 368 g/mol. The van der Waals surface area contributed by atoms with E-state index in [1.807, 2.05) is 47.1 Å². The minimum Gasteiger partial charge on any atom is -0.357 e. The minimum absolute atomic E-state index is 0.133. The number of nitrogens with one attached hydrogen (secondary N) is 2. The van der Waals surface area contributed by atoms with Crippen LogP contribution >= 0.6 is 0 Å². The van der Waals surface area contributed by atoms with Crippen molar-refractivity contribution >= 4 is 11.9 Å². The predicted octanol–water partition coefficient (Wildman–Crippen LogP) is 1.61. The van der Waals surface area contributed by atoms with E-state index >= 15 is 0 Å². The Morgan fingerprint density at radius 2 is 1.93 bits per heavy atom. The Morgan fingerprint density at radius 3 is 2.67 bits per heavy atom. The molecule has 2 aromatic rings. The number of nitrogens with zero attached hydrogens (tertiary/aromatic N) is 4. The summed E-state index contributed by atoms with van der Waals surface area (Å²) in [5, 5.41) is 10.7. The van der Waals surface area contributed by atoms with E-state index in [1.165, 1.54) is 5.56 Å². The maximum absolute atomic E-state index is 12.2. The minimum atomic E-state index is 0.133. The Labute approximate surface area is 160 Å². The Balaban J connectivity index is 1.52. The zero-order valence-corrected chi connectivity index (χ0v) is 15.9. The third-order valence-corrected chi connectivity index (χ3v) is 4.50. The topological polar surface area (TPSA) is 74.5 Å². The lowest BCUT2D eigenvalue weighted by molar-refractivity contribution is -0.128. The first-order valence-corrected chi connectivity index (χ1v) is 9.60. The summed E-state index contributed by atoms with van der Waals surface area (Å²) in [6.07, 6.45) is 6.06. The fourth-order valence-corrected chi connectivity index (χ4v) is 3.09. The maximum atomic E-state index is 12.2. The van der Waals surface area contributed by atoms with Crippen LogP contribution in [-0.2, 0) is 17.9 Å². The molecule has 1 amide bonds. The van der Waals surface area contributed by atoms with Crippen molar-refractivity contribution in [2.75, 3.05) is 26.2 Å². The summed E-state index contributed by atoms with van der Waals surface area (Å²) >= 11 is 0. The molecular weight excluding hydrogens is 340 g/mol. The summed E-state index contributed by atoms with van der Waals surface area (Å²) in [6.45, 7) is 6.03. The van der Waals surface area contributed by atoms with Gasteiger partial charge < -0.3 is 15.5 Å². The number of aliphatic imine (C=N–C) groups is 1. The van der Waals surface area contributed by atoms with Crippen molar-refractivity contribution < 1.29 is 4.79 Å². The number of benzene rings is 1. The van der Waals surface area contributed by atoms with E-state index in [1.54, 1.807) is 0 Å². The molecule has 1 aliphatic rings. The number of guanidine groups is 1. The van der Waals surface area contributed by atoms with Crippen LogP contribution in [0.2, 0.25) is 0 Å². The van der Waals surface area contributed by atoms with Gasteiger partial charge in [0, 0.05) is 31.4 Å². The molecule has 2 heterocycles. The predicted molar refractivity (Wildman–Crippen MR) is 106 cm³/mol. The molecule has 7 nitrogen and oxygen atoms in total. The first-order chi connectivity index (χ1) is 13.2. The van der Waals surface area contributed by atoms with Crippen LogP contribution in [0.25, 0.3) is 0 Å². The van der Waals surface area contributed by atoms with Gasteiger partial charge in [0.2, 0.25) is 5.91 Å². The lowest BCUT2D eigenvalue weighted by atomic mass is 10.2. The lowest BCUT2D eigenvalue weighted by Gasteiger charge is -2.17. The summed E-state index contributed by atoms with van der Waals surface area (Å²) < 4.78 is 1.91. The quantitative estimate of drug-likeness (QED) is 0.575. The number of hydrogen-bond acceptors (Lipinski definition) is 3. The first-order valence-electron chi connectivity index (χ1n) is 9.60. The first kappa shape index (κ1) is 18.9. The van der Waals surface area contributed by atoms with Gasteiger partial charge in [-0.3, -0.25) is 9.48 Å². The van der Waals surface area contributed by atoms with E-state index in [9.17, 15) is 4.79 Å². The molecule has 1 aliphatic heterocycles. The van der Waals surface area contributed by atoms with Crippen LogP contribution in [0, 0.1) is 0 Å². The SMILES string of the molecule is CCNC(=NCc1cnn(Cc2ccccc2)c1)NCC(=O)N1CCCC1. The van der Waals surface area contributed by atoms with Gasteiger partial charge in [0.05, 0.1) is 25.8 Å². The average Bonchev–Trinajstić information content (AvgIpc) is 3.37. The number of likely N-dealkylation sites (tertiary alicyclic amines) is 1. The van der Waals surface area contributed by atoms with Gasteiger partial charge in [-0.05, 0) is 25.3 Å². The Kier molecular flexibility index (Phi) is 6.84. The van der Waals surface area contributed by atoms with Gasteiger partial charge in [-0.25, -0.2) is 4.99 Å². The van der Waals surface area contributed by atoms with E-state index in [4.69, 9.17) is 0 Å². The molecule has 3 rings (SSSR count).